The van der Waals surface area contributed by atoms with Crippen LogP contribution in [0.2, 0.25) is 0 Å². The van der Waals surface area contributed by atoms with Crippen LogP contribution in [0.4, 0.5) is 4.79 Å². The maximum atomic E-state index is 11.9. The highest BCUT2D eigenvalue weighted by Crippen LogP contribution is 2.23. The number of amides is 1. The van der Waals surface area contributed by atoms with Gasteiger partial charge in [0.25, 0.3) is 5.91 Å². The molecule has 0 aliphatic carbocycles. The number of aliphatic hydroxyl groups is 2. The molecule has 0 fully saturated rings. The van der Waals surface area contributed by atoms with E-state index >= 15 is 0 Å². The Labute approximate surface area is 123 Å². The molecular formula is C14H20N2O5. The molecule has 0 aliphatic heterocycles. The standard InChI is InChI=1S/C14H20N2O5/c1-13(2,3)21-12(17)16(4)14(18,19)11-7-5-10(6-8-11)9-15-20/h5-9,18-20H,1-4H3/b15-9+. The first-order chi connectivity index (χ1) is 9.58. The van der Waals surface area contributed by atoms with Crippen LogP contribution < -0.4 is 0 Å². The van der Waals surface area contributed by atoms with Crippen molar-refractivity contribution in [2.75, 3.05) is 7.05 Å². The lowest BCUT2D eigenvalue weighted by atomic mass is 10.1. The van der Waals surface area contributed by atoms with Crippen LogP contribution in [0.1, 0.15) is 31.9 Å². The summed E-state index contributed by atoms with van der Waals surface area (Å²) in [4.78, 5) is 12.6. The Morgan fingerprint density at radius 3 is 2.19 bits per heavy atom. The molecule has 116 valence electrons. The molecule has 7 heteroatoms. The summed E-state index contributed by atoms with van der Waals surface area (Å²) >= 11 is 0. The van der Waals surface area contributed by atoms with Crippen LogP contribution >= 0.6 is 0 Å². The minimum Gasteiger partial charge on any atom is -0.444 e. The van der Waals surface area contributed by atoms with Gasteiger partial charge >= 0.3 is 6.09 Å². The van der Waals surface area contributed by atoms with E-state index in [1.807, 2.05) is 0 Å². The fourth-order valence-corrected chi connectivity index (χ4v) is 1.51. The lowest BCUT2D eigenvalue weighted by Gasteiger charge is -2.33. The fraction of sp³-hybridized carbons (Fsp3) is 0.429. The lowest BCUT2D eigenvalue weighted by molar-refractivity contribution is -0.255. The average molecular weight is 296 g/mol. The van der Waals surface area contributed by atoms with E-state index in [1.165, 1.54) is 37.5 Å². The SMILES string of the molecule is CN(C(=O)OC(C)(C)C)C(O)(O)c1ccc(/C=N/O)cc1. The summed E-state index contributed by atoms with van der Waals surface area (Å²) in [5.74, 6) is -2.52. The van der Waals surface area contributed by atoms with Gasteiger partial charge in [0.05, 0.1) is 6.21 Å². The van der Waals surface area contributed by atoms with Crippen molar-refractivity contribution in [3.8, 4) is 0 Å². The van der Waals surface area contributed by atoms with Crippen LogP contribution in [-0.2, 0) is 10.6 Å². The molecule has 0 spiro atoms. The highest BCUT2D eigenvalue weighted by molar-refractivity contribution is 5.79. The first kappa shape index (κ1) is 16.9. The van der Waals surface area contributed by atoms with Crippen LogP contribution in [0.15, 0.2) is 29.4 Å². The van der Waals surface area contributed by atoms with Crippen LogP contribution in [0.5, 0.6) is 0 Å². The zero-order valence-corrected chi connectivity index (χ0v) is 12.4. The Balaban J connectivity index is 2.95. The van der Waals surface area contributed by atoms with Gasteiger partial charge in [-0.3, -0.25) is 4.90 Å². The Morgan fingerprint density at radius 1 is 1.24 bits per heavy atom. The number of oxime groups is 1. The second kappa shape index (κ2) is 6.11. The fourth-order valence-electron chi connectivity index (χ4n) is 1.51. The van der Waals surface area contributed by atoms with Crippen molar-refractivity contribution in [2.24, 2.45) is 5.16 Å². The molecule has 0 bridgehead atoms. The quantitative estimate of drug-likeness (QED) is 0.339. The molecule has 0 atom stereocenters. The van der Waals surface area contributed by atoms with Crippen molar-refractivity contribution < 1.29 is 25.0 Å². The van der Waals surface area contributed by atoms with E-state index in [0.29, 0.717) is 10.5 Å². The summed E-state index contributed by atoms with van der Waals surface area (Å²) in [6.45, 7) is 5.04. The molecule has 0 unspecified atom stereocenters. The minimum absolute atomic E-state index is 0.0750. The highest BCUT2D eigenvalue weighted by atomic mass is 16.6. The Bertz CT molecular complexity index is 517. The normalized spacial score (nSPS) is 12.5. The summed E-state index contributed by atoms with van der Waals surface area (Å²) in [6, 6.07) is 5.83. The third-order valence-electron chi connectivity index (χ3n) is 2.64. The summed E-state index contributed by atoms with van der Waals surface area (Å²) in [5, 5.41) is 31.6. The van der Waals surface area contributed by atoms with Gasteiger partial charge in [0, 0.05) is 12.6 Å². The zero-order chi connectivity index (χ0) is 16.3. The molecular weight excluding hydrogens is 276 g/mol. The molecule has 7 nitrogen and oxygen atoms in total. The molecule has 1 aromatic carbocycles. The Hall–Kier alpha value is -2.12. The van der Waals surface area contributed by atoms with E-state index in [-0.39, 0.29) is 5.56 Å². The third-order valence-corrected chi connectivity index (χ3v) is 2.64. The van der Waals surface area contributed by atoms with Gasteiger partial charge in [-0.05, 0) is 26.3 Å². The number of nitrogens with zero attached hydrogens (tertiary/aromatic N) is 2. The number of carbonyl (C=O) groups excluding carboxylic acids is 1. The van der Waals surface area contributed by atoms with Crippen LogP contribution in [0.25, 0.3) is 0 Å². The molecule has 1 amide bonds. The summed E-state index contributed by atoms with van der Waals surface area (Å²) < 4.78 is 5.08. The number of hydrogen-bond donors (Lipinski definition) is 3. The molecule has 21 heavy (non-hydrogen) atoms. The maximum absolute atomic E-state index is 11.9. The number of rotatable bonds is 3. The number of benzene rings is 1. The van der Waals surface area contributed by atoms with Gasteiger partial charge in [0.15, 0.2) is 0 Å². The monoisotopic (exact) mass is 296 g/mol. The molecule has 0 heterocycles. The van der Waals surface area contributed by atoms with Crippen molar-refractivity contribution in [3.05, 3.63) is 35.4 Å². The van der Waals surface area contributed by atoms with Crippen molar-refractivity contribution >= 4 is 12.3 Å². The molecule has 0 saturated carbocycles. The Morgan fingerprint density at radius 2 is 1.76 bits per heavy atom. The molecule has 0 saturated heterocycles. The average Bonchev–Trinajstić information content (AvgIpc) is 2.37. The van der Waals surface area contributed by atoms with Gasteiger partial charge in [-0.15, -0.1) is 0 Å². The van der Waals surface area contributed by atoms with Crippen LogP contribution in [-0.4, -0.2) is 45.3 Å². The molecule has 3 N–H and O–H groups in total. The molecule has 1 aromatic rings. The molecule has 0 radical (unpaired) electrons. The predicted octanol–water partition coefficient (Wildman–Crippen LogP) is 1.46. The van der Waals surface area contributed by atoms with E-state index in [9.17, 15) is 15.0 Å². The van der Waals surface area contributed by atoms with E-state index in [0.717, 1.165) is 0 Å². The van der Waals surface area contributed by atoms with E-state index in [2.05, 4.69) is 5.16 Å². The van der Waals surface area contributed by atoms with E-state index in [1.54, 1.807) is 20.8 Å². The van der Waals surface area contributed by atoms with Crippen LogP contribution in [0, 0.1) is 0 Å². The third kappa shape index (κ3) is 4.44. The second-order valence-corrected chi connectivity index (χ2v) is 5.54. The number of hydrogen-bond acceptors (Lipinski definition) is 6. The topological polar surface area (TPSA) is 103 Å². The van der Waals surface area contributed by atoms with Gasteiger partial charge in [0.2, 0.25) is 0 Å². The predicted molar refractivity (Wildman–Crippen MR) is 75.9 cm³/mol. The largest absolute Gasteiger partial charge is 0.444 e. The highest BCUT2D eigenvalue weighted by Gasteiger charge is 2.37. The van der Waals surface area contributed by atoms with E-state index < -0.39 is 17.6 Å². The smallest absolute Gasteiger partial charge is 0.414 e. The van der Waals surface area contributed by atoms with Gasteiger partial charge in [-0.2, -0.15) is 0 Å². The van der Waals surface area contributed by atoms with Crippen LogP contribution in [0.3, 0.4) is 0 Å². The van der Waals surface area contributed by atoms with Gasteiger partial charge in [-0.1, -0.05) is 29.4 Å². The number of ether oxygens (including phenoxy) is 1. The first-order valence-electron chi connectivity index (χ1n) is 6.27. The number of carbonyl (C=O) groups is 1. The van der Waals surface area contributed by atoms with Gasteiger partial charge in [0.1, 0.15) is 5.60 Å². The summed E-state index contributed by atoms with van der Waals surface area (Å²) in [6.07, 6.45) is 0.325. The zero-order valence-electron chi connectivity index (χ0n) is 12.4. The van der Waals surface area contributed by atoms with Crippen molar-refractivity contribution in [1.29, 1.82) is 0 Å². The second-order valence-electron chi connectivity index (χ2n) is 5.54. The Kier molecular flexibility index (Phi) is 4.93. The first-order valence-corrected chi connectivity index (χ1v) is 6.27. The van der Waals surface area contributed by atoms with Crippen molar-refractivity contribution in [2.45, 2.75) is 32.3 Å². The molecule has 0 aliphatic rings. The summed E-state index contributed by atoms with van der Waals surface area (Å²) in [5.41, 5.74) is -0.106. The van der Waals surface area contributed by atoms with Crippen molar-refractivity contribution in [1.82, 2.24) is 4.90 Å². The maximum Gasteiger partial charge on any atom is 0.414 e. The van der Waals surface area contributed by atoms with Gasteiger partial charge < -0.3 is 20.2 Å². The molecule has 1 rings (SSSR count). The molecule has 0 aromatic heterocycles. The lowest BCUT2D eigenvalue weighted by Crippen LogP contribution is -2.48. The van der Waals surface area contributed by atoms with E-state index in [4.69, 9.17) is 9.94 Å². The van der Waals surface area contributed by atoms with Crippen molar-refractivity contribution in [3.63, 3.8) is 0 Å². The minimum atomic E-state index is -2.52. The summed E-state index contributed by atoms with van der Waals surface area (Å²) in [7, 11) is 1.22. The van der Waals surface area contributed by atoms with Gasteiger partial charge in [-0.25, -0.2) is 4.79 Å².